The number of hydrogen-bond acceptors (Lipinski definition) is 4. The molecule has 7 nitrogen and oxygen atoms in total. The van der Waals surface area contributed by atoms with Gasteiger partial charge in [0, 0.05) is 17.7 Å². The lowest BCUT2D eigenvalue weighted by atomic mass is 10.1. The summed E-state index contributed by atoms with van der Waals surface area (Å²) in [5.41, 5.74) is 4.18. The van der Waals surface area contributed by atoms with Crippen molar-refractivity contribution in [2.75, 3.05) is 6.54 Å². The van der Waals surface area contributed by atoms with Crippen LogP contribution in [-0.4, -0.2) is 34.2 Å². The van der Waals surface area contributed by atoms with Crippen LogP contribution >= 0.6 is 0 Å². The zero-order valence-corrected chi connectivity index (χ0v) is 11.0. The van der Waals surface area contributed by atoms with E-state index in [1.807, 2.05) is 0 Å². The fourth-order valence-electron chi connectivity index (χ4n) is 1.61. The van der Waals surface area contributed by atoms with Gasteiger partial charge in [0.1, 0.15) is 0 Å². The number of halogens is 1. The van der Waals surface area contributed by atoms with Gasteiger partial charge >= 0.3 is 5.69 Å². The molecular formula is C12H14FN3O4. The number of nitro groups is 1. The first-order valence-corrected chi connectivity index (χ1v) is 5.77. The molecule has 0 spiro atoms. The number of nitrogens with two attached hydrogens (primary N) is 1. The predicted octanol–water partition coefficient (Wildman–Crippen LogP) is 1.07. The zero-order chi connectivity index (χ0) is 15.4. The van der Waals surface area contributed by atoms with Crippen LogP contribution in [0.15, 0.2) is 18.2 Å². The summed E-state index contributed by atoms with van der Waals surface area (Å²) in [4.78, 5) is 34.0. The van der Waals surface area contributed by atoms with Crippen molar-refractivity contribution in [2.45, 2.75) is 19.9 Å². The molecule has 1 aromatic carbocycles. The van der Waals surface area contributed by atoms with E-state index in [9.17, 15) is 24.1 Å². The lowest BCUT2D eigenvalue weighted by molar-refractivity contribution is -0.387. The first kappa shape index (κ1) is 15.5. The Morgan fingerprint density at radius 2 is 2.05 bits per heavy atom. The van der Waals surface area contributed by atoms with E-state index in [1.54, 1.807) is 13.8 Å². The average Bonchev–Trinajstić information content (AvgIpc) is 2.34. The van der Waals surface area contributed by atoms with Gasteiger partial charge in [-0.3, -0.25) is 19.7 Å². The van der Waals surface area contributed by atoms with E-state index in [2.05, 4.69) is 0 Å². The summed E-state index contributed by atoms with van der Waals surface area (Å²) in [6.07, 6.45) is 0. The van der Waals surface area contributed by atoms with Crippen molar-refractivity contribution >= 4 is 17.5 Å². The van der Waals surface area contributed by atoms with Crippen LogP contribution in [0.25, 0.3) is 0 Å². The number of primary amides is 1. The minimum atomic E-state index is -1.03. The minimum absolute atomic E-state index is 0.0759. The molecule has 0 atom stereocenters. The molecule has 0 aromatic heterocycles. The third-order valence-corrected chi connectivity index (χ3v) is 2.60. The Hall–Kier alpha value is -2.51. The van der Waals surface area contributed by atoms with Crippen LogP contribution in [0, 0.1) is 15.9 Å². The fourth-order valence-corrected chi connectivity index (χ4v) is 1.61. The molecule has 2 N–H and O–H groups in total. The molecule has 0 aliphatic carbocycles. The molecule has 0 bridgehead atoms. The Kier molecular flexibility index (Phi) is 4.73. The molecule has 2 amide bonds. The molecule has 0 unspecified atom stereocenters. The minimum Gasteiger partial charge on any atom is -0.368 e. The molecule has 0 aliphatic rings. The van der Waals surface area contributed by atoms with E-state index in [0.29, 0.717) is 0 Å². The van der Waals surface area contributed by atoms with Crippen molar-refractivity contribution in [3.63, 3.8) is 0 Å². The Balaban J connectivity index is 3.15. The van der Waals surface area contributed by atoms with E-state index in [1.165, 1.54) is 0 Å². The van der Waals surface area contributed by atoms with Crippen LogP contribution in [0.2, 0.25) is 0 Å². The molecule has 8 heteroatoms. The zero-order valence-electron chi connectivity index (χ0n) is 11.0. The fraction of sp³-hybridized carbons (Fsp3) is 0.333. The Labute approximate surface area is 114 Å². The topological polar surface area (TPSA) is 107 Å². The Bertz CT molecular complexity index is 560. The van der Waals surface area contributed by atoms with E-state index in [0.717, 1.165) is 23.1 Å². The van der Waals surface area contributed by atoms with Gasteiger partial charge in [0.15, 0.2) is 0 Å². The van der Waals surface area contributed by atoms with Crippen molar-refractivity contribution in [2.24, 2.45) is 5.73 Å². The highest BCUT2D eigenvalue weighted by molar-refractivity contribution is 5.97. The molecule has 1 aromatic rings. The van der Waals surface area contributed by atoms with Crippen LogP contribution in [0.5, 0.6) is 0 Å². The van der Waals surface area contributed by atoms with Crippen molar-refractivity contribution < 1.29 is 18.9 Å². The summed E-state index contributed by atoms with van der Waals surface area (Å²) in [7, 11) is 0. The molecule has 0 fully saturated rings. The molecule has 0 saturated carbocycles. The molecule has 0 radical (unpaired) electrons. The number of nitrogens with zero attached hydrogens (tertiary/aromatic N) is 2. The number of rotatable bonds is 5. The quantitative estimate of drug-likeness (QED) is 0.644. The molecule has 0 heterocycles. The van der Waals surface area contributed by atoms with Crippen LogP contribution < -0.4 is 5.73 Å². The smallest absolute Gasteiger partial charge is 0.305 e. The largest absolute Gasteiger partial charge is 0.368 e. The highest BCUT2D eigenvalue weighted by Gasteiger charge is 2.23. The van der Waals surface area contributed by atoms with Gasteiger partial charge in [-0.15, -0.1) is 0 Å². The number of benzene rings is 1. The normalized spacial score (nSPS) is 10.4. The summed E-state index contributed by atoms with van der Waals surface area (Å²) < 4.78 is 13.2. The van der Waals surface area contributed by atoms with E-state index in [-0.39, 0.29) is 18.2 Å². The number of hydrogen-bond donors (Lipinski definition) is 1. The van der Waals surface area contributed by atoms with Crippen molar-refractivity contribution in [1.29, 1.82) is 0 Å². The van der Waals surface area contributed by atoms with E-state index in [4.69, 9.17) is 5.73 Å². The molecule has 0 aliphatic heterocycles. The van der Waals surface area contributed by atoms with Crippen molar-refractivity contribution in [3.05, 3.63) is 39.7 Å². The molecule has 1 rings (SSSR count). The summed E-state index contributed by atoms with van der Waals surface area (Å²) in [6.45, 7) is 3.01. The summed E-state index contributed by atoms with van der Waals surface area (Å²) in [5.74, 6) is -2.36. The lowest BCUT2D eigenvalue weighted by Gasteiger charge is -2.25. The second-order valence-electron chi connectivity index (χ2n) is 4.42. The maximum absolute atomic E-state index is 13.2. The van der Waals surface area contributed by atoms with Gasteiger partial charge < -0.3 is 10.6 Å². The highest BCUT2D eigenvalue weighted by atomic mass is 19.1. The van der Waals surface area contributed by atoms with Gasteiger partial charge in [0.25, 0.3) is 5.91 Å². The van der Waals surface area contributed by atoms with Gasteiger partial charge in [0.05, 0.1) is 11.5 Å². The number of carbonyl (C=O) groups excluding carboxylic acids is 2. The standard InChI is InChI=1S/C12H14FN3O4/c1-7(2)15(6-11(14)17)12(18)8-3-4-9(13)10(5-8)16(19)20/h3-5,7H,6H2,1-2H3,(H2,14,17). The molecule has 0 saturated heterocycles. The van der Waals surface area contributed by atoms with Gasteiger partial charge in [-0.05, 0) is 26.0 Å². The highest BCUT2D eigenvalue weighted by Crippen LogP contribution is 2.20. The second-order valence-corrected chi connectivity index (χ2v) is 4.42. The van der Waals surface area contributed by atoms with Crippen molar-refractivity contribution in [1.82, 2.24) is 4.90 Å². The third-order valence-electron chi connectivity index (χ3n) is 2.60. The van der Waals surface area contributed by atoms with Gasteiger partial charge in [-0.1, -0.05) is 0 Å². The van der Waals surface area contributed by atoms with Crippen LogP contribution in [0.4, 0.5) is 10.1 Å². The predicted molar refractivity (Wildman–Crippen MR) is 68.4 cm³/mol. The average molecular weight is 283 g/mol. The Morgan fingerprint density at radius 1 is 1.45 bits per heavy atom. The van der Waals surface area contributed by atoms with Crippen LogP contribution in [0.3, 0.4) is 0 Å². The maximum atomic E-state index is 13.2. The van der Waals surface area contributed by atoms with Crippen molar-refractivity contribution in [3.8, 4) is 0 Å². The summed E-state index contributed by atoms with van der Waals surface area (Å²) in [6, 6.07) is 2.47. The number of carbonyl (C=O) groups is 2. The maximum Gasteiger partial charge on any atom is 0.305 e. The SMILES string of the molecule is CC(C)N(CC(N)=O)C(=O)c1ccc(F)c([N+](=O)[O-])c1. The number of nitro benzene ring substituents is 1. The van der Waals surface area contributed by atoms with Gasteiger partial charge in [-0.2, -0.15) is 4.39 Å². The first-order valence-electron chi connectivity index (χ1n) is 5.77. The second kappa shape index (κ2) is 6.09. The van der Waals surface area contributed by atoms with Gasteiger partial charge in [-0.25, -0.2) is 0 Å². The molecular weight excluding hydrogens is 269 g/mol. The summed E-state index contributed by atoms with van der Waals surface area (Å²) >= 11 is 0. The molecule has 20 heavy (non-hydrogen) atoms. The number of amides is 2. The molecule has 108 valence electrons. The first-order chi connectivity index (χ1) is 9.23. The van der Waals surface area contributed by atoms with Crippen LogP contribution in [-0.2, 0) is 4.79 Å². The lowest BCUT2D eigenvalue weighted by Crippen LogP contribution is -2.42. The van der Waals surface area contributed by atoms with Crippen LogP contribution in [0.1, 0.15) is 24.2 Å². The Morgan fingerprint density at radius 3 is 2.50 bits per heavy atom. The van der Waals surface area contributed by atoms with E-state index >= 15 is 0 Å². The third kappa shape index (κ3) is 3.50. The monoisotopic (exact) mass is 283 g/mol. The van der Waals surface area contributed by atoms with E-state index < -0.39 is 28.2 Å². The van der Waals surface area contributed by atoms with Gasteiger partial charge in [0.2, 0.25) is 11.7 Å². The summed E-state index contributed by atoms with van der Waals surface area (Å²) in [5, 5.41) is 10.6.